The monoisotopic (exact) mass is 350 g/mol. The molecule has 1 unspecified atom stereocenters. The van der Waals surface area contributed by atoms with Crippen molar-refractivity contribution in [1.82, 2.24) is 20.4 Å². The minimum atomic E-state index is -0.0369. The highest BCUT2D eigenvalue weighted by atomic mass is 16.5. The molecule has 1 N–H and O–H groups in total. The minimum absolute atomic E-state index is 0.0181. The first-order valence-electron chi connectivity index (χ1n) is 8.72. The average Bonchev–Trinajstić information content (AvgIpc) is 3.15. The number of carbonyl (C=O) groups excluding carboxylic acids is 1. The van der Waals surface area contributed by atoms with Gasteiger partial charge >= 0.3 is 0 Å². The molecule has 0 fully saturated rings. The van der Waals surface area contributed by atoms with Gasteiger partial charge in [0.15, 0.2) is 0 Å². The second-order valence-electron chi connectivity index (χ2n) is 6.43. The molecule has 0 aliphatic rings. The van der Waals surface area contributed by atoms with Crippen LogP contribution in [0.2, 0.25) is 0 Å². The van der Waals surface area contributed by atoms with E-state index < -0.39 is 0 Å². The van der Waals surface area contributed by atoms with Crippen LogP contribution in [0.25, 0.3) is 11.5 Å². The van der Waals surface area contributed by atoms with E-state index in [9.17, 15) is 4.79 Å². The Kier molecular flexibility index (Phi) is 5.73. The molecule has 0 saturated heterocycles. The first kappa shape index (κ1) is 17.8. The Morgan fingerprint density at radius 1 is 1.12 bits per heavy atom. The van der Waals surface area contributed by atoms with Crippen LogP contribution >= 0.6 is 0 Å². The second kappa shape index (κ2) is 8.38. The van der Waals surface area contributed by atoms with E-state index in [4.69, 9.17) is 4.52 Å². The third-order valence-corrected chi connectivity index (χ3v) is 4.07. The molecule has 134 valence electrons. The lowest BCUT2D eigenvalue weighted by molar-refractivity contribution is -0.122. The average molecular weight is 350 g/mol. The van der Waals surface area contributed by atoms with E-state index in [1.807, 2.05) is 48.5 Å². The molecule has 2 aromatic heterocycles. The molecule has 6 nitrogen and oxygen atoms in total. The number of nitrogens with zero attached hydrogens (tertiary/aromatic N) is 3. The summed E-state index contributed by atoms with van der Waals surface area (Å²) in [6, 6.07) is 15.5. The van der Waals surface area contributed by atoms with Crippen molar-refractivity contribution >= 4 is 5.91 Å². The number of carbonyl (C=O) groups is 1. The van der Waals surface area contributed by atoms with Gasteiger partial charge in [-0.05, 0) is 23.6 Å². The van der Waals surface area contributed by atoms with E-state index in [0.29, 0.717) is 36.2 Å². The number of nitrogens with one attached hydrogen (secondary N) is 1. The smallest absolute Gasteiger partial charge is 0.227 e. The number of benzene rings is 1. The van der Waals surface area contributed by atoms with Gasteiger partial charge in [0, 0.05) is 19.0 Å². The second-order valence-corrected chi connectivity index (χ2v) is 6.43. The van der Waals surface area contributed by atoms with Crippen LogP contribution in [0.1, 0.15) is 37.8 Å². The zero-order valence-electron chi connectivity index (χ0n) is 14.9. The van der Waals surface area contributed by atoms with Crippen molar-refractivity contribution in [1.29, 1.82) is 0 Å². The van der Waals surface area contributed by atoms with Crippen LogP contribution in [-0.4, -0.2) is 21.0 Å². The molecule has 26 heavy (non-hydrogen) atoms. The van der Waals surface area contributed by atoms with Gasteiger partial charge in [-0.3, -0.25) is 9.78 Å². The highest BCUT2D eigenvalue weighted by Gasteiger charge is 2.18. The van der Waals surface area contributed by atoms with E-state index in [1.54, 1.807) is 6.20 Å². The maximum atomic E-state index is 12.4. The van der Waals surface area contributed by atoms with E-state index >= 15 is 0 Å². The van der Waals surface area contributed by atoms with Crippen LogP contribution in [0.15, 0.2) is 59.3 Å². The fourth-order valence-electron chi connectivity index (χ4n) is 2.72. The Balaban J connectivity index is 1.58. The third-order valence-electron chi connectivity index (χ3n) is 4.07. The SMILES string of the molecule is CC(C)C(NC(=O)CCc1nc(-c2ccccn2)no1)c1ccccc1. The molecule has 0 radical (unpaired) electrons. The van der Waals surface area contributed by atoms with Crippen LogP contribution in [0.3, 0.4) is 0 Å². The van der Waals surface area contributed by atoms with Crippen molar-refractivity contribution in [3.8, 4) is 11.5 Å². The lowest BCUT2D eigenvalue weighted by Gasteiger charge is -2.22. The van der Waals surface area contributed by atoms with Gasteiger partial charge in [0.05, 0.1) is 6.04 Å². The normalized spacial score (nSPS) is 12.1. The molecule has 3 rings (SSSR count). The number of hydrogen-bond donors (Lipinski definition) is 1. The Hall–Kier alpha value is -3.02. The van der Waals surface area contributed by atoms with Gasteiger partial charge in [-0.25, -0.2) is 0 Å². The molecule has 1 aromatic carbocycles. The van der Waals surface area contributed by atoms with E-state index in [0.717, 1.165) is 5.56 Å². The van der Waals surface area contributed by atoms with Crippen molar-refractivity contribution in [2.75, 3.05) is 0 Å². The van der Waals surface area contributed by atoms with Gasteiger partial charge < -0.3 is 9.84 Å². The lowest BCUT2D eigenvalue weighted by Crippen LogP contribution is -2.31. The van der Waals surface area contributed by atoms with Crippen molar-refractivity contribution in [2.24, 2.45) is 5.92 Å². The van der Waals surface area contributed by atoms with Gasteiger partial charge in [-0.15, -0.1) is 0 Å². The lowest BCUT2D eigenvalue weighted by atomic mass is 9.96. The summed E-state index contributed by atoms with van der Waals surface area (Å²) >= 11 is 0. The summed E-state index contributed by atoms with van der Waals surface area (Å²) in [6.45, 7) is 4.18. The first-order valence-corrected chi connectivity index (χ1v) is 8.72. The summed E-state index contributed by atoms with van der Waals surface area (Å²) in [5.74, 6) is 1.12. The van der Waals surface area contributed by atoms with Gasteiger partial charge in [-0.2, -0.15) is 4.98 Å². The topological polar surface area (TPSA) is 80.9 Å². The zero-order chi connectivity index (χ0) is 18.4. The minimum Gasteiger partial charge on any atom is -0.349 e. The molecule has 0 bridgehead atoms. The van der Waals surface area contributed by atoms with Crippen molar-refractivity contribution in [3.63, 3.8) is 0 Å². The third kappa shape index (κ3) is 4.53. The predicted octanol–water partition coefficient (Wildman–Crippen LogP) is 3.58. The Bertz CT molecular complexity index is 831. The Labute approximate surface area is 152 Å². The van der Waals surface area contributed by atoms with Crippen molar-refractivity contribution in [3.05, 3.63) is 66.2 Å². The van der Waals surface area contributed by atoms with Crippen LogP contribution in [0.4, 0.5) is 0 Å². The summed E-state index contributed by atoms with van der Waals surface area (Å²) in [4.78, 5) is 20.9. The van der Waals surface area contributed by atoms with E-state index in [1.165, 1.54) is 0 Å². The number of rotatable bonds is 7. The number of amides is 1. The molecule has 1 atom stereocenters. The molecule has 0 spiro atoms. The number of hydrogen-bond acceptors (Lipinski definition) is 5. The predicted molar refractivity (Wildman–Crippen MR) is 98.0 cm³/mol. The molecule has 3 aromatic rings. The summed E-state index contributed by atoms with van der Waals surface area (Å²) in [6.07, 6.45) is 2.36. The van der Waals surface area contributed by atoms with E-state index in [2.05, 4.69) is 34.3 Å². The molecule has 0 aliphatic carbocycles. The Morgan fingerprint density at radius 2 is 1.88 bits per heavy atom. The molecular weight excluding hydrogens is 328 g/mol. The van der Waals surface area contributed by atoms with Crippen LogP contribution in [0.5, 0.6) is 0 Å². The summed E-state index contributed by atoms with van der Waals surface area (Å²) in [5.41, 5.74) is 1.75. The molecule has 0 aliphatic heterocycles. The fourth-order valence-corrected chi connectivity index (χ4v) is 2.72. The number of pyridine rings is 1. The fraction of sp³-hybridized carbons (Fsp3) is 0.300. The summed E-state index contributed by atoms with van der Waals surface area (Å²) in [5, 5.41) is 7.02. The molecular formula is C20H22N4O2. The maximum Gasteiger partial charge on any atom is 0.227 e. The first-order chi connectivity index (χ1) is 12.6. The highest BCUT2D eigenvalue weighted by molar-refractivity contribution is 5.76. The van der Waals surface area contributed by atoms with Crippen molar-refractivity contribution < 1.29 is 9.32 Å². The molecule has 6 heteroatoms. The zero-order valence-corrected chi connectivity index (χ0v) is 14.9. The maximum absolute atomic E-state index is 12.4. The highest BCUT2D eigenvalue weighted by Crippen LogP contribution is 2.21. The molecule has 1 amide bonds. The van der Waals surface area contributed by atoms with Crippen LogP contribution < -0.4 is 5.32 Å². The van der Waals surface area contributed by atoms with Gasteiger partial charge in [0.25, 0.3) is 0 Å². The van der Waals surface area contributed by atoms with Gasteiger partial charge in [-0.1, -0.05) is 55.4 Å². The number of aromatic nitrogens is 3. The summed E-state index contributed by atoms with van der Waals surface area (Å²) in [7, 11) is 0. The van der Waals surface area contributed by atoms with Crippen LogP contribution in [0, 0.1) is 5.92 Å². The summed E-state index contributed by atoms with van der Waals surface area (Å²) < 4.78 is 5.23. The Morgan fingerprint density at radius 3 is 2.58 bits per heavy atom. The number of aryl methyl sites for hydroxylation is 1. The van der Waals surface area contributed by atoms with Gasteiger partial charge in [0.2, 0.25) is 17.6 Å². The quantitative estimate of drug-likeness (QED) is 0.704. The van der Waals surface area contributed by atoms with Crippen molar-refractivity contribution in [2.45, 2.75) is 32.7 Å². The molecule has 0 saturated carbocycles. The standard InChI is InChI=1S/C20H22N4O2/c1-14(2)19(15-8-4-3-5-9-15)22-17(25)11-12-18-23-20(24-26-18)16-10-6-7-13-21-16/h3-10,13-14,19H,11-12H2,1-2H3,(H,22,25). The van der Waals surface area contributed by atoms with Gasteiger partial charge in [0.1, 0.15) is 5.69 Å². The van der Waals surface area contributed by atoms with E-state index in [-0.39, 0.29) is 11.9 Å². The van der Waals surface area contributed by atoms with Crippen LogP contribution in [-0.2, 0) is 11.2 Å². The largest absolute Gasteiger partial charge is 0.349 e. The molecule has 2 heterocycles.